The maximum Gasteiger partial charge on any atom is 0.303 e. The van der Waals surface area contributed by atoms with E-state index in [4.69, 9.17) is 5.11 Å². The first-order chi connectivity index (χ1) is 8.50. The predicted molar refractivity (Wildman–Crippen MR) is 70.0 cm³/mol. The number of fused-ring (bicyclic) bond motifs is 1. The lowest BCUT2D eigenvalue weighted by atomic mass is 9.99. The van der Waals surface area contributed by atoms with Gasteiger partial charge in [-0.1, -0.05) is 18.2 Å². The fourth-order valence-corrected chi connectivity index (χ4v) is 2.20. The average Bonchev–Trinajstić information content (AvgIpc) is 2.30. The molecule has 0 aliphatic carbocycles. The molecule has 0 aliphatic heterocycles. The number of hydrogen-bond donors (Lipinski definition) is 2. The number of nitrogens with one attached hydrogen (secondary N) is 1. The van der Waals surface area contributed by atoms with Crippen LogP contribution in [0.25, 0.3) is 10.9 Å². The largest absolute Gasteiger partial charge is 0.481 e. The first-order valence-electron chi connectivity index (χ1n) is 5.83. The van der Waals surface area contributed by atoms with Gasteiger partial charge in [0.25, 0.3) is 5.56 Å². The zero-order chi connectivity index (χ0) is 13.3. The highest BCUT2D eigenvalue weighted by Crippen LogP contribution is 2.20. The second kappa shape index (κ2) is 4.64. The lowest BCUT2D eigenvalue weighted by Crippen LogP contribution is -2.16. The van der Waals surface area contributed by atoms with E-state index < -0.39 is 5.97 Å². The Hall–Kier alpha value is -2.10. The zero-order valence-corrected chi connectivity index (χ0v) is 10.4. The van der Waals surface area contributed by atoms with Crippen LogP contribution in [0.4, 0.5) is 0 Å². The van der Waals surface area contributed by atoms with Gasteiger partial charge in [0.1, 0.15) is 0 Å². The minimum atomic E-state index is -0.891. The van der Waals surface area contributed by atoms with Crippen LogP contribution in [-0.2, 0) is 11.2 Å². The predicted octanol–water partition coefficient (Wildman–Crippen LogP) is 2.16. The lowest BCUT2D eigenvalue weighted by molar-refractivity contribution is -0.136. The van der Waals surface area contributed by atoms with E-state index in [1.807, 2.05) is 32.0 Å². The van der Waals surface area contributed by atoms with E-state index in [1.165, 1.54) is 0 Å². The Morgan fingerprint density at radius 1 is 1.33 bits per heavy atom. The van der Waals surface area contributed by atoms with E-state index in [-0.39, 0.29) is 18.4 Å². The van der Waals surface area contributed by atoms with Crippen molar-refractivity contribution >= 4 is 16.9 Å². The summed E-state index contributed by atoms with van der Waals surface area (Å²) in [7, 11) is 0. The summed E-state index contributed by atoms with van der Waals surface area (Å²) in [6, 6.07) is 5.82. The average molecular weight is 245 g/mol. The highest BCUT2D eigenvalue weighted by molar-refractivity contribution is 5.85. The van der Waals surface area contributed by atoms with Gasteiger partial charge in [0.2, 0.25) is 0 Å². The second-order valence-electron chi connectivity index (χ2n) is 4.45. The van der Waals surface area contributed by atoms with Crippen molar-refractivity contribution in [2.45, 2.75) is 26.7 Å². The van der Waals surface area contributed by atoms with Crippen LogP contribution >= 0.6 is 0 Å². The summed E-state index contributed by atoms with van der Waals surface area (Å²) >= 11 is 0. The van der Waals surface area contributed by atoms with E-state index in [9.17, 15) is 9.59 Å². The SMILES string of the molecule is Cc1c(CCC(=O)O)c(=O)[nH]c2c(C)cccc12. The summed E-state index contributed by atoms with van der Waals surface area (Å²) in [6.45, 7) is 3.81. The summed E-state index contributed by atoms with van der Waals surface area (Å²) in [5.41, 5.74) is 3.10. The van der Waals surface area contributed by atoms with E-state index in [0.717, 1.165) is 22.0 Å². The number of pyridine rings is 1. The standard InChI is InChI=1S/C14H15NO3/c1-8-4-3-5-10-9(2)11(6-7-12(16)17)14(18)15-13(8)10/h3-5H,6-7H2,1-2H3,(H,15,18)(H,16,17). The molecule has 0 spiro atoms. The summed E-state index contributed by atoms with van der Waals surface area (Å²) in [6.07, 6.45) is 0.238. The van der Waals surface area contributed by atoms with Gasteiger partial charge < -0.3 is 10.1 Å². The smallest absolute Gasteiger partial charge is 0.303 e. The highest BCUT2D eigenvalue weighted by Gasteiger charge is 2.11. The van der Waals surface area contributed by atoms with E-state index in [2.05, 4.69) is 4.98 Å². The Bertz CT molecular complexity index is 671. The first-order valence-corrected chi connectivity index (χ1v) is 5.83. The number of rotatable bonds is 3. The number of benzene rings is 1. The number of hydrogen-bond acceptors (Lipinski definition) is 2. The Labute approximate surface area is 104 Å². The van der Waals surface area contributed by atoms with Crippen molar-refractivity contribution in [2.75, 3.05) is 0 Å². The molecule has 0 fully saturated rings. The van der Waals surface area contributed by atoms with Gasteiger partial charge in [-0.2, -0.15) is 0 Å². The maximum absolute atomic E-state index is 12.0. The van der Waals surface area contributed by atoms with Crippen molar-refractivity contribution in [3.05, 3.63) is 45.2 Å². The minimum absolute atomic E-state index is 0.0265. The van der Waals surface area contributed by atoms with Gasteiger partial charge >= 0.3 is 5.97 Å². The van der Waals surface area contributed by atoms with Gasteiger partial charge in [-0.05, 0) is 31.4 Å². The van der Waals surface area contributed by atoms with Gasteiger partial charge in [-0.25, -0.2) is 0 Å². The van der Waals surface area contributed by atoms with E-state index in [1.54, 1.807) is 0 Å². The van der Waals surface area contributed by atoms with Crippen LogP contribution < -0.4 is 5.56 Å². The molecule has 4 nitrogen and oxygen atoms in total. The second-order valence-corrected chi connectivity index (χ2v) is 4.45. The normalized spacial score (nSPS) is 10.8. The quantitative estimate of drug-likeness (QED) is 0.870. The molecule has 1 aromatic heterocycles. The van der Waals surface area contributed by atoms with Crippen molar-refractivity contribution in [2.24, 2.45) is 0 Å². The van der Waals surface area contributed by atoms with Crippen molar-refractivity contribution < 1.29 is 9.90 Å². The Balaban J connectivity index is 2.62. The van der Waals surface area contributed by atoms with Crippen LogP contribution in [0.2, 0.25) is 0 Å². The number of carboxylic acid groups (broad SMARTS) is 1. The maximum atomic E-state index is 12.0. The van der Waals surface area contributed by atoms with Crippen LogP contribution in [-0.4, -0.2) is 16.1 Å². The Morgan fingerprint density at radius 2 is 2.06 bits per heavy atom. The molecule has 0 amide bonds. The monoisotopic (exact) mass is 245 g/mol. The lowest BCUT2D eigenvalue weighted by Gasteiger charge is -2.09. The molecular weight excluding hydrogens is 230 g/mol. The molecule has 0 radical (unpaired) electrons. The zero-order valence-electron chi connectivity index (χ0n) is 10.4. The number of aliphatic carboxylic acids is 1. The Kier molecular flexibility index (Phi) is 3.19. The third-order valence-electron chi connectivity index (χ3n) is 3.23. The van der Waals surface area contributed by atoms with Gasteiger partial charge in [0, 0.05) is 17.4 Å². The van der Waals surface area contributed by atoms with Crippen molar-refractivity contribution in [1.82, 2.24) is 4.98 Å². The van der Waals surface area contributed by atoms with Gasteiger partial charge in [-0.3, -0.25) is 9.59 Å². The molecule has 0 saturated carbocycles. The molecule has 94 valence electrons. The fourth-order valence-electron chi connectivity index (χ4n) is 2.20. The van der Waals surface area contributed by atoms with Crippen LogP contribution in [0.15, 0.2) is 23.0 Å². The van der Waals surface area contributed by atoms with Crippen molar-refractivity contribution in [3.8, 4) is 0 Å². The van der Waals surface area contributed by atoms with Crippen LogP contribution in [0.1, 0.15) is 23.1 Å². The van der Waals surface area contributed by atoms with Crippen LogP contribution in [0, 0.1) is 13.8 Å². The number of carboxylic acids is 1. The minimum Gasteiger partial charge on any atom is -0.481 e. The molecule has 2 rings (SSSR count). The molecule has 18 heavy (non-hydrogen) atoms. The summed E-state index contributed by atoms with van der Waals surface area (Å²) < 4.78 is 0. The number of para-hydroxylation sites is 1. The highest BCUT2D eigenvalue weighted by atomic mass is 16.4. The number of aromatic nitrogens is 1. The molecule has 0 aliphatic rings. The molecule has 0 bridgehead atoms. The topological polar surface area (TPSA) is 70.2 Å². The fraction of sp³-hybridized carbons (Fsp3) is 0.286. The molecular formula is C14H15NO3. The van der Waals surface area contributed by atoms with Crippen molar-refractivity contribution in [3.63, 3.8) is 0 Å². The Morgan fingerprint density at radius 3 is 2.72 bits per heavy atom. The molecule has 1 aromatic carbocycles. The number of carbonyl (C=O) groups is 1. The first kappa shape index (κ1) is 12.4. The van der Waals surface area contributed by atoms with Gasteiger partial charge in [0.05, 0.1) is 5.52 Å². The number of aryl methyl sites for hydroxylation is 2. The van der Waals surface area contributed by atoms with Crippen molar-refractivity contribution in [1.29, 1.82) is 0 Å². The molecule has 1 heterocycles. The molecule has 0 unspecified atom stereocenters. The van der Waals surface area contributed by atoms with E-state index >= 15 is 0 Å². The third kappa shape index (κ3) is 2.14. The number of H-pyrrole nitrogens is 1. The molecule has 0 atom stereocenters. The molecule has 4 heteroatoms. The summed E-state index contributed by atoms with van der Waals surface area (Å²) in [4.78, 5) is 25.4. The van der Waals surface area contributed by atoms with Gasteiger partial charge in [-0.15, -0.1) is 0 Å². The number of aromatic amines is 1. The van der Waals surface area contributed by atoms with Crippen LogP contribution in [0.5, 0.6) is 0 Å². The molecule has 2 aromatic rings. The molecule has 2 N–H and O–H groups in total. The van der Waals surface area contributed by atoms with Gasteiger partial charge in [0.15, 0.2) is 0 Å². The molecule has 0 saturated heterocycles. The van der Waals surface area contributed by atoms with Crippen LogP contribution in [0.3, 0.4) is 0 Å². The van der Waals surface area contributed by atoms with E-state index in [0.29, 0.717) is 5.56 Å². The summed E-state index contributed by atoms with van der Waals surface area (Å²) in [5, 5.41) is 9.68. The summed E-state index contributed by atoms with van der Waals surface area (Å²) in [5.74, 6) is -0.891. The third-order valence-corrected chi connectivity index (χ3v) is 3.23.